The fourth-order valence-electron chi connectivity index (χ4n) is 2.20. The molecule has 0 aliphatic carbocycles. The first kappa shape index (κ1) is 15.3. The van der Waals surface area contributed by atoms with Gasteiger partial charge in [-0.25, -0.2) is 4.79 Å². The summed E-state index contributed by atoms with van der Waals surface area (Å²) in [7, 11) is 0. The first-order valence-corrected chi connectivity index (χ1v) is 6.92. The van der Waals surface area contributed by atoms with Crippen molar-refractivity contribution in [2.45, 2.75) is 39.5 Å². The van der Waals surface area contributed by atoms with Gasteiger partial charge in [0.1, 0.15) is 11.8 Å². The molecule has 2 N–H and O–H groups in total. The number of fused-ring (bicyclic) bond motifs is 1. The minimum absolute atomic E-state index is 0.0969. The van der Waals surface area contributed by atoms with E-state index in [2.05, 4.69) is 0 Å². The van der Waals surface area contributed by atoms with Gasteiger partial charge in [0, 0.05) is 6.54 Å². The monoisotopic (exact) mass is 292 g/mol. The number of carbonyl (C=O) groups is 2. The van der Waals surface area contributed by atoms with E-state index in [-0.39, 0.29) is 18.6 Å². The van der Waals surface area contributed by atoms with Crippen LogP contribution in [0.1, 0.15) is 26.3 Å². The van der Waals surface area contributed by atoms with Gasteiger partial charge in [-0.1, -0.05) is 6.07 Å². The van der Waals surface area contributed by atoms with Gasteiger partial charge in [-0.2, -0.15) is 0 Å². The number of amides is 1. The van der Waals surface area contributed by atoms with Gasteiger partial charge in [-0.3, -0.25) is 9.69 Å². The molecule has 1 atom stereocenters. The average Bonchev–Trinajstić information content (AvgIpc) is 2.45. The quantitative estimate of drug-likeness (QED) is 0.844. The van der Waals surface area contributed by atoms with Crippen molar-refractivity contribution in [3.05, 3.63) is 23.8 Å². The van der Waals surface area contributed by atoms with Crippen molar-refractivity contribution in [1.29, 1.82) is 0 Å². The minimum Gasteiger partial charge on any atom is -0.482 e. The Morgan fingerprint density at radius 2 is 2.14 bits per heavy atom. The van der Waals surface area contributed by atoms with E-state index in [1.807, 2.05) is 6.07 Å². The molecule has 0 saturated heterocycles. The summed E-state index contributed by atoms with van der Waals surface area (Å²) in [5.41, 5.74) is 7.07. The highest BCUT2D eigenvalue weighted by Gasteiger charge is 2.34. The maximum absolute atomic E-state index is 12.1. The van der Waals surface area contributed by atoms with E-state index in [1.54, 1.807) is 32.9 Å². The third kappa shape index (κ3) is 3.16. The first-order chi connectivity index (χ1) is 9.93. The van der Waals surface area contributed by atoms with Gasteiger partial charge in [-0.05, 0) is 38.5 Å². The van der Waals surface area contributed by atoms with Gasteiger partial charge in [0.05, 0.1) is 11.8 Å². The fraction of sp³-hybridized carbons (Fsp3) is 0.467. The summed E-state index contributed by atoms with van der Waals surface area (Å²) in [5.74, 6) is -0.146. The largest absolute Gasteiger partial charge is 0.482 e. The Bertz CT molecular complexity index is 557. The van der Waals surface area contributed by atoms with Gasteiger partial charge >= 0.3 is 5.97 Å². The van der Waals surface area contributed by atoms with Gasteiger partial charge in [0.15, 0.2) is 6.61 Å². The molecule has 0 radical (unpaired) electrons. The van der Waals surface area contributed by atoms with Crippen LogP contribution in [0.5, 0.6) is 5.75 Å². The number of rotatable bonds is 4. The predicted molar refractivity (Wildman–Crippen MR) is 78.0 cm³/mol. The highest BCUT2D eigenvalue weighted by molar-refractivity contribution is 6.02. The Kier molecular flexibility index (Phi) is 4.47. The van der Waals surface area contributed by atoms with Crippen LogP contribution in [0.2, 0.25) is 0 Å². The normalized spacial score (nSPS) is 15.5. The van der Waals surface area contributed by atoms with Crippen LogP contribution in [-0.4, -0.2) is 30.6 Å². The molecular weight excluding hydrogens is 272 g/mol. The van der Waals surface area contributed by atoms with Gasteiger partial charge < -0.3 is 15.2 Å². The Labute approximate surface area is 123 Å². The fourth-order valence-corrected chi connectivity index (χ4v) is 2.20. The van der Waals surface area contributed by atoms with Crippen LogP contribution in [0.4, 0.5) is 5.69 Å². The SMILES string of the molecule is CC(C)OC(=O)C(C)N1C(=O)COc2cc(CN)ccc21. The molecule has 1 aliphatic heterocycles. The van der Waals surface area contributed by atoms with Crippen molar-refractivity contribution in [3.8, 4) is 5.75 Å². The van der Waals surface area contributed by atoms with Crippen molar-refractivity contribution >= 4 is 17.6 Å². The van der Waals surface area contributed by atoms with Crippen LogP contribution >= 0.6 is 0 Å². The van der Waals surface area contributed by atoms with E-state index >= 15 is 0 Å². The lowest BCUT2D eigenvalue weighted by atomic mass is 10.1. The molecule has 0 aromatic heterocycles. The minimum atomic E-state index is -0.703. The molecule has 0 fully saturated rings. The van der Waals surface area contributed by atoms with Gasteiger partial charge in [-0.15, -0.1) is 0 Å². The highest BCUT2D eigenvalue weighted by atomic mass is 16.5. The maximum Gasteiger partial charge on any atom is 0.329 e. The van der Waals surface area contributed by atoms with Gasteiger partial charge in [0.2, 0.25) is 0 Å². The van der Waals surface area contributed by atoms with E-state index in [4.69, 9.17) is 15.2 Å². The molecule has 1 aliphatic rings. The summed E-state index contributed by atoms with van der Waals surface area (Å²) in [6.45, 7) is 5.48. The number of hydrogen-bond acceptors (Lipinski definition) is 5. The second-order valence-corrected chi connectivity index (χ2v) is 5.22. The summed E-state index contributed by atoms with van der Waals surface area (Å²) in [6, 6.07) is 4.64. The number of nitrogens with two attached hydrogens (primary N) is 1. The number of carbonyl (C=O) groups excluding carboxylic acids is 2. The summed E-state index contributed by atoms with van der Waals surface area (Å²) < 4.78 is 10.6. The third-order valence-electron chi connectivity index (χ3n) is 3.22. The molecule has 1 aromatic carbocycles. The molecule has 1 heterocycles. The predicted octanol–water partition coefficient (Wildman–Crippen LogP) is 1.21. The smallest absolute Gasteiger partial charge is 0.329 e. The Morgan fingerprint density at radius 3 is 2.76 bits per heavy atom. The van der Waals surface area contributed by atoms with Crippen LogP contribution in [0, 0.1) is 0 Å². The first-order valence-electron chi connectivity index (χ1n) is 6.92. The van der Waals surface area contributed by atoms with Crippen molar-refractivity contribution in [3.63, 3.8) is 0 Å². The van der Waals surface area contributed by atoms with E-state index in [1.165, 1.54) is 4.90 Å². The van der Waals surface area contributed by atoms with E-state index in [0.717, 1.165) is 5.56 Å². The summed E-state index contributed by atoms with van der Waals surface area (Å²) >= 11 is 0. The van der Waals surface area contributed by atoms with Crippen LogP contribution in [0.25, 0.3) is 0 Å². The molecule has 0 saturated carbocycles. The van der Waals surface area contributed by atoms with Gasteiger partial charge in [0.25, 0.3) is 5.91 Å². The van der Waals surface area contributed by atoms with Crippen LogP contribution < -0.4 is 15.4 Å². The number of anilines is 1. The highest BCUT2D eigenvalue weighted by Crippen LogP contribution is 2.34. The number of nitrogens with zero attached hydrogens (tertiary/aromatic N) is 1. The zero-order valence-corrected chi connectivity index (χ0v) is 12.5. The lowest BCUT2D eigenvalue weighted by Gasteiger charge is -2.33. The maximum atomic E-state index is 12.1. The lowest BCUT2D eigenvalue weighted by Crippen LogP contribution is -2.49. The molecule has 1 amide bonds. The number of ether oxygens (including phenoxy) is 2. The number of hydrogen-bond donors (Lipinski definition) is 1. The van der Waals surface area contributed by atoms with Crippen molar-refractivity contribution in [2.24, 2.45) is 5.73 Å². The molecule has 0 bridgehead atoms. The lowest BCUT2D eigenvalue weighted by molar-refractivity contribution is -0.149. The molecule has 6 heteroatoms. The summed E-state index contributed by atoms with van der Waals surface area (Å²) in [4.78, 5) is 25.6. The van der Waals surface area contributed by atoms with Crippen LogP contribution in [-0.2, 0) is 20.9 Å². The molecular formula is C15H20N2O4. The standard InChI is InChI=1S/C15H20N2O4/c1-9(2)21-15(19)10(3)17-12-5-4-11(7-16)6-13(12)20-8-14(17)18/h4-6,9-10H,7-8,16H2,1-3H3. The average molecular weight is 292 g/mol. The Morgan fingerprint density at radius 1 is 1.43 bits per heavy atom. The molecule has 2 rings (SSSR count). The van der Waals surface area contributed by atoms with Crippen molar-refractivity contribution < 1.29 is 19.1 Å². The molecule has 0 spiro atoms. The van der Waals surface area contributed by atoms with E-state index < -0.39 is 12.0 Å². The zero-order valence-electron chi connectivity index (χ0n) is 12.5. The molecule has 6 nitrogen and oxygen atoms in total. The van der Waals surface area contributed by atoms with Crippen LogP contribution in [0.3, 0.4) is 0 Å². The Balaban J connectivity index is 2.31. The van der Waals surface area contributed by atoms with Crippen molar-refractivity contribution in [1.82, 2.24) is 0 Å². The van der Waals surface area contributed by atoms with Crippen LogP contribution in [0.15, 0.2) is 18.2 Å². The molecule has 1 unspecified atom stereocenters. The second-order valence-electron chi connectivity index (χ2n) is 5.22. The number of esters is 1. The third-order valence-corrected chi connectivity index (χ3v) is 3.22. The summed E-state index contributed by atoms with van der Waals surface area (Å²) in [5, 5.41) is 0. The summed E-state index contributed by atoms with van der Waals surface area (Å²) in [6.07, 6.45) is -0.227. The Hall–Kier alpha value is -2.08. The van der Waals surface area contributed by atoms with E-state index in [9.17, 15) is 9.59 Å². The molecule has 21 heavy (non-hydrogen) atoms. The van der Waals surface area contributed by atoms with Crippen molar-refractivity contribution in [2.75, 3.05) is 11.5 Å². The second kappa shape index (κ2) is 6.13. The van der Waals surface area contributed by atoms with E-state index in [0.29, 0.717) is 18.0 Å². The zero-order chi connectivity index (χ0) is 15.6. The molecule has 114 valence electrons. The number of benzene rings is 1. The molecule has 1 aromatic rings. The topological polar surface area (TPSA) is 81.9 Å².